The van der Waals surface area contributed by atoms with Crippen LogP contribution in [0.5, 0.6) is 0 Å². The van der Waals surface area contributed by atoms with E-state index in [1.165, 1.54) is 25.7 Å². The van der Waals surface area contributed by atoms with E-state index in [1.54, 1.807) is 0 Å². The number of H-pyrrole nitrogens is 1. The Morgan fingerprint density at radius 3 is 2.50 bits per heavy atom. The highest BCUT2D eigenvalue weighted by Gasteiger charge is 2.51. The van der Waals surface area contributed by atoms with Crippen molar-refractivity contribution in [2.45, 2.75) is 65.2 Å². The van der Waals surface area contributed by atoms with E-state index >= 15 is 0 Å². The molecule has 1 unspecified atom stereocenters. The highest BCUT2D eigenvalue weighted by molar-refractivity contribution is 5.78. The SMILES string of the molecule is CC(C)C(=O)N1CC(c2nc(C(C)C)n[nH]2)C2(CCCC2)C1. The molecule has 1 amide bonds. The maximum atomic E-state index is 12.5. The van der Waals surface area contributed by atoms with Crippen molar-refractivity contribution in [2.24, 2.45) is 11.3 Å². The number of aromatic amines is 1. The number of aromatic nitrogens is 3. The second kappa shape index (κ2) is 5.67. The van der Waals surface area contributed by atoms with Crippen molar-refractivity contribution in [1.29, 1.82) is 0 Å². The molecule has 5 nitrogen and oxygen atoms in total. The van der Waals surface area contributed by atoms with Gasteiger partial charge >= 0.3 is 0 Å². The number of hydrogen-bond donors (Lipinski definition) is 1. The largest absolute Gasteiger partial charge is 0.341 e. The van der Waals surface area contributed by atoms with Gasteiger partial charge in [-0.15, -0.1) is 0 Å². The zero-order valence-corrected chi connectivity index (χ0v) is 14.2. The number of hydrogen-bond acceptors (Lipinski definition) is 3. The molecule has 2 heterocycles. The van der Waals surface area contributed by atoms with Crippen molar-refractivity contribution in [1.82, 2.24) is 20.1 Å². The first-order chi connectivity index (χ1) is 10.4. The molecule has 1 N–H and O–H groups in total. The third-order valence-corrected chi connectivity index (χ3v) is 5.42. The molecular formula is C17H28N4O. The quantitative estimate of drug-likeness (QED) is 0.933. The van der Waals surface area contributed by atoms with Crippen LogP contribution in [0, 0.1) is 11.3 Å². The number of rotatable bonds is 3. The van der Waals surface area contributed by atoms with Crippen LogP contribution in [0.2, 0.25) is 0 Å². The van der Waals surface area contributed by atoms with Crippen LogP contribution in [-0.2, 0) is 4.79 Å². The van der Waals surface area contributed by atoms with Crippen LogP contribution >= 0.6 is 0 Å². The highest BCUT2D eigenvalue weighted by atomic mass is 16.2. The van der Waals surface area contributed by atoms with Crippen molar-refractivity contribution in [3.63, 3.8) is 0 Å². The smallest absolute Gasteiger partial charge is 0.225 e. The van der Waals surface area contributed by atoms with Gasteiger partial charge < -0.3 is 4.90 Å². The first kappa shape index (κ1) is 15.5. The molecule has 0 bridgehead atoms. The Balaban J connectivity index is 1.88. The maximum absolute atomic E-state index is 12.5. The molecule has 1 aliphatic heterocycles. The standard InChI is InChI=1S/C17H28N4O/c1-11(2)14-18-15(20-19-14)13-9-21(16(22)12(3)4)10-17(13)7-5-6-8-17/h11-13H,5-10H2,1-4H3,(H,18,19,20). The lowest BCUT2D eigenvalue weighted by atomic mass is 9.76. The van der Waals surface area contributed by atoms with Gasteiger partial charge in [0.1, 0.15) is 5.82 Å². The van der Waals surface area contributed by atoms with E-state index in [-0.39, 0.29) is 17.2 Å². The molecule has 1 atom stereocenters. The van der Waals surface area contributed by atoms with E-state index in [1.807, 2.05) is 13.8 Å². The van der Waals surface area contributed by atoms with Gasteiger partial charge in [0.2, 0.25) is 5.91 Å². The zero-order chi connectivity index (χ0) is 15.9. The Morgan fingerprint density at radius 1 is 1.27 bits per heavy atom. The summed E-state index contributed by atoms with van der Waals surface area (Å²) in [6, 6.07) is 0. The lowest BCUT2D eigenvalue weighted by molar-refractivity contribution is -0.133. The van der Waals surface area contributed by atoms with Crippen LogP contribution in [0.15, 0.2) is 0 Å². The summed E-state index contributed by atoms with van der Waals surface area (Å²) >= 11 is 0. The summed E-state index contributed by atoms with van der Waals surface area (Å²) in [5, 5.41) is 7.55. The van der Waals surface area contributed by atoms with Gasteiger partial charge in [-0.05, 0) is 18.3 Å². The minimum atomic E-state index is 0.0677. The van der Waals surface area contributed by atoms with Crippen LogP contribution in [0.4, 0.5) is 0 Å². The summed E-state index contributed by atoms with van der Waals surface area (Å²) in [4.78, 5) is 19.3. The van der Waals surface area contributed by atoms with Crippen LogP contribution in [-0.4, -0.2) is 39.1 Å². The fourth-order valence-corrected chi connectivity index (χ4v) is 4.17. The molecular weight excluding hydrogens is 276 g/mol. The van der Waals surface area contributed by atoms with Gasteiger partial charge in [-0.2, -0.15) is 5.10 Å². The van der Waals surface area contributed by atoms with E-state index in [4.69, 9.17) is 4.98 Å². The molecule has 1 spiro atoms. The van der Waals surface area contributed by atoms with Crippen molar-refractivity contribution in [3.8, 4) is 0 Å². The summed E-state index contributed by atoms with van der Waals surface area (Å²) < 4.78 is 0. The Labute approximate surface area is 132 Å². The molecule has 1 saturated heterocycles. The minimum absolute atomic E-state index is 0.0677. The number of amides is 1. The predicted octanol–water partition coefficient (Wildman–Crippen LogP) is 3.07. The highest BCUT2D eigenvalue weighted by Crippen LogP contribution is 2.52. The summed E-state index contributed by atoms with van der Waals surface area (Å²) in [6.45, 7) is 9.89. The van der Waals surface area contributed by atoms with Gasteiger partial charge in [0.15, 0.2) is 5.82 Å². The van der Waals surface area contributed by atoms with Crippen LogP contribution in [0.3, 0.4) is 0 Å². The van der Waals surface area contributed by atoms with Crippen LogP contribution in [0.1, 0.15) is 76.9 Å². The average Bonchev–Trinajstić information content (AvgIpc) is 3.18. The lowest BCUT2D eigenvalue weighted by Crippen LogP contribution is -2.34. The molecule has 5 heteroatoms. The molecule has 22 heavy (non-hydrogen) atoms. The first-order valence-electron chi connectivity index (χ1n) is 8.64. The Hall–Kier alpha value is -1.39. The van der Waals surface area contributed by atoms with Gasteiger partial charge in [0, 0.05) is 30.8 Å². The summed E-state index contributed by atoms with van der Waals surface area (Å²) in [7, 11) is 0. The predicted molar refractivity (Wildman–Crippen MR) is 85.5 cm³/mol. The van der Waals surface area contributed by atoms with Crippen molar-refractivity contribution < 1.29 is 4.79 Å². The monoisotopic (exact) mass is 304 g/mol. The topological polar surface area (TPSA) is 61.9 Å². The van der Waals surface area contributed by atoms with Gasteiger partial charge in [-0.3, -0.25) is 9.89 Å². The Morgan fingerprint density at radius 2 is 1.95 bits per heavy atom. The molecule has 0 aromatic carbocycles. The molecule has 3 rings (SSSR count). The third-order valence-electron chi connectivity index (χ3n) is 5.42. The van der Waals surface area contributed by atoms with Gasteiger partial charge in [0.05, 0.1) is 0 Å². The van der Waals surface area contributed by atoms with E-state index in [2.05, 4.69) is 28.9 Å². The number of nitrogens with one attached hydrogen (secondary N) is 1. The molecule has 1 aromatic rings. The van der Waals surface area contributed by atoms with E-state index in [0.717, 1.165) is 24.7 Å². The van der Waals surface area contributed by atoms with E-state index < -0.39 is 0 Å². The summed E-state index contributed by atoms with van der Waals surface area (Å²) in [6.07, 6.45) is 4.95. The second-order valence-corrected chi connectivity index (χ2v) is 7.73. The summed E-state index contributed by atoms with van der Waals surface area (Å²) in [5.74, 6) is 2.87. The van der Waals surface area contributed by atoms with Gasteiger partial charge in [0.25, 0.3) is 0 Å². The van der Waals surface area contributed by atoms with Crippen molar-refractivity contribution in [3.05, 3.63) is 11.6 Å². The van der Waals surface area contributed by atoms with Crippen molar-refractivity contribution >= 4 is 5.91 Å². The summed E-state index contributed by atoms with van der Waals surface area (Å²) in [5.41, 5.74) is 0.221. The van der Waals surface area contributed by atoms with Gasteiger partial charge in [-0.1, -0.05) is 40.5 Å². The van der Waals surface area contributed by atoms with Crippen LogP contribution < -0.4 is 0 Å². The van der Waals surface area contributed by atoms with Crippen LogP contribution in [0.25, 0.3) is 0 Å². The molecule has 0 radical (unpaired) electrons. The molecule has 1 aliphatic carbocycles. The fraction of sp³-hybridized carbons (Fsp3) is 0.824. The first-order valence-corrected chi connectivity index (χ1v) is 8.64. The number of likely N-dealkylation sites (tertiary alicyclic amines) is 1. The maximum Gasteiger partial charge on any atom is 0.225 e. The second-order valence-electron chi connectivity index (χ2n) is 7.73. The normalized spacial score (nSPS) is 24.1. The van der Waals surface area contributed by atoms with E-state index in [9.17, 15) is 4.79 Å². The Bertz CT molecular complexity index is 543. The number of carbonyl (C=O) groups is 1. The minimum Gasteiger partial charge on any atom is -0.341 e. The molecule has 2 aliphatic rings. The zero-order valence-electron chi connectivity index (χ0n) is 14.2. The Kier molecular flexibility index (Phi) is 4.00. The number of nitrogens with zero attached hydrogens (tertiary/aromatic N) is 3. The van der Waals surface area contributed by atoms with Crippen molar-refractivity contribution in [2.75, 3.05) is 13.1 Å². The lowest BCUT2D eigenvalue weighted by Gasteiger charge is -2.28. The molecule has 122 valence electrons. The van der Waals surface area contributed by atoms with E-state index in [0.29, 0.717) is 11.8 Å². The fourth-order valence-electron chi connectivity index (χ4n) is 4.17. The van der Waals surface area contributed by atoms with Gasteiger partial charge in [-0.25, -0.2) is 4.98 Å². The molecule has 2 fully saturated rings. The third kappa shape index (κ3) is 2.55. The average molecular weight is 304 g/mol. The molecule has 1 saturated carbocycles. The molecule has 1 aromatic heterocycles. The number of carbonyl (C=O) groups excluding carboxylic acids is 1.